The molecule has 0 unspecified atom stereocenters. The molecule has 0 fully saturated rings. The molecule has 0 aliphatic rings. The van der Waals surface area contributed by atoms with Crippen molar-refractivity contribution in [2.75, 3.05) is 19.0 Å². The number of rotatable bonds is 7. The van der Waals surface area contributed by atoms with E-state index in [1.54, 1.807) is 30.3 Å². The van der Waals surface area contributed by atoms with Gasteiger partial charge in [-0.15, -0.1) is 0 Å². The number of amides is 2. The lowest BCUT2D eigenvalue weighted by atomic mass is 10.1. The summed E-state index contributed by atoms with van der Waals surface area (Å²) in [5.41, 5.74) is 5.66. The van der Waals surface area contributed by atoms with Gasteiger partial charge in [-0.25, -0.2) is 10.4 Å². The van der Waals surface area contributed by atoms with Gasteiger partial charge >= 0.3 is 0 Å². The van der Waals surface area contributed by atoms with E-state index in [9.17, 15) is 9.59 Å². The first-order valence-electron chi connectivity index (χ1n) is 11.3. The van der Waals surface area contributed by atoms with Gasteiger partial charge in [0.25, 0.3) is 11.8 Å². The summed E-state index contributed by atoms with van der Waals surface area (Å²) in [7, 11) is 3.87. The first kappa shape index (κ1) is 25.9. The predicted octanol–water partition coefficient (Wildman–Crippen LogP) is 5.53. The fourth-order valence-electron chi connectivity index (χ4n) is 3.45. The molecule has 0 atom stereocenters. The highest BCUT2D eigenvalue weighted by molar-refractivity contribution is 6.34. The van der Waals surface area contributed by atoms with Gasteiger partial charge < -0.3 is 10.2 Å². The Bertz CT molecular complexity index is 1520. The average molecular weight is 532 g/mol. The summed E-state index contributed by atoms with van der Waals surface area (Å²) in [5, 5.41) is 8.08. The third-order valence-electron chi connectivity index (χ3n) is 5.41. The molecule has 0 aliphatic carbocycles. The summed E-state index contributed by atoms with van der Waals surface area (Å²) in [4.78, 5) is 32.3. The minimum Gasteiger partial charge on any atom is -0.378 e. The fraction of sp³-hybridized carbons (Fsp3) is 0.0714. The molecule has 9 heteroatoms. The van der Waals surface area contributed by atoms with Crippen LogP contribution in [0.25, 0.3) is 17.0 Å². The van der Waals surface area contributed by atoms with Crippen LogP contribution in [-0.2, 0) is 4.79 Å². The first-order chi connectivity index (χ1) is 17.8. The Morgan fingerprint density at radius 1 is 0.946 bits per heavy atom. The number of benzene rings is 3. The van der Waals surface area contributed by atoms with Crippen LogP contribution < -0.4 is 15.6 Å². The van der Waals surface area contributed by atoms with Crippen molar-refractivity contribution in [1.29, 1.82) is 0 Å². The molecule has 4 aromatic rings. The lowest BCUT2D eigenvalue weighted by Gasteiger charge is -2.13. The predicted molar refractivity (Wildman–Crippen MR) is 150 cm³/mol. The second-order valence-corrected chi connectivity index (χ2v) is 9.00. The SMILES string of the molecule is CN(C)c1ccc(/C=C(\NC(=O)c2ccccc2Cl)C(=O)N/N=C/c2cc3ccccc3nc2Cl)cc1. The van der Waals surface area contributed by atoms with Crippen molar-refractivity contribution in [3.63, 3.8) is 0 Å². The van der Waals surface area contributed by atoms with Gasteiger partial charge in [0.1, 0.15) is 10.9 Å². The van der Waals surface area contributed by atoms with E-state index in [1.807, 2.05) is 73.6 Å². The van der Waals surface area contributed by atoms with Gasteiger partial charge in [-0.2, -0.15) is 5.10 Å². The summed E-state index contributed by atoms with van der Waals surface area (Å²) < 4.78 is 0. The number of nitrogens with zero attached hydrogens (tertiary/aromatic N) is 3. The number of para-hydroxylation sites is 1. The summed E-state index contributed by atoms with van der Waals surface area (Å²) in [5.74, 6) is -1.15. The number of nitrogens with one attached hydrogen (secondary N) is 2. The maximum absolute atomic E-state index is 13.1. The minimum absolute atomic E-state index is 0.0117. The molecule has 7 nitrogen and oxygen atoms in total. The average Bonchev–Trinajstić information content (AvgIpc) is 2.89. The smallest absolute Gasteiger partial charge is 0.287 e. The summed E-state index contributed by atoms with van der Waals surface area (Å²) in [6.45, 7) is 0. The number of pyridine rings is 1. The zero-order valence-corrected chi connectivity index (χ0v) is 21.6. The lowest BCUT2D eigenvalue weighted by molar-refractivity contribution is -0.117. The third-order valence-corrected chi connectivity index (χ3v) is 6.04. The molecule has 4 rings (SSSR count). The lowest BCUT2D eigenvalue weighted by Crippen LogP contribution is -2.33. The molecule has 2 amide bonds. The number of aromatic nitrogens is 1. The van der Waals surface area contributed by atoms with Crippen molar-refractivity contribution >= 4 is 63.9 Å². The van der Waals surface area contributed by atoms with E-state index in [2.05, 4.69) is 20.8 Å². The van der Waals surface area contributed by atoms with Crippen LogP contribution in [0.3, 0.4) is 0 Å². The maximum Gasteiger partial charge on any atom is 0.287 e. The summed E-state index contributed by atoms with van der Waals surface area (Å²) >= 11 is 12.4. The maximum atomic E-state index is 13.1. The fourth-order valence-corrected chi connectivity index (χ4v) is 3.86. The molecule has 1 aromatic heterocycles. The summed E-state index contributed by atoms with van der Waals surface area (Å²) in [6.07, 6.45) is 2.96. The zero-order valence-electron chi connectivity index (χ0n) is 20.1. The first-order valence-corrected chi connectivity index (χ1v) is 12.0. The molecule has 0 radical (unpaired) electrons. The second kappa shape index (κ2) is 11.7. The van der Waals surface area contributed by atoms with Gasteiger partial charge in [-0.05, 0) is 48.0 Å². The van der Waals surface area contributed by atoms with E-state index in [1.165, 1.54) is 6.21 Å². The Hall–Kier alpha value is -4.20. The van der Waals surface area contributed by atoms with Crippen molar-refractivity contribution in [2.45, 2.75) is 0 Å². The van der Waals surface area contributed by atoms with Gasteiger partial charge in [0.15, 0.2) is 0 Å². The van der Waals surface area contributed by atoms with E-state index < -0.39 is 11.8 Å². The van der Waals surface area contributed by atoms with Crippen molar-refractivity contribution in [2.24, 2.45) is 5.10 Å². The Morgan fingerprint density at radius 3 is 2.38 bits per heavy atom. The summed E-state index contributed by atoms with van der Waals surface area (Å²) in [6, 6.07) is 23.4. The van der Waals surface area contributed by atoms with E-state index in [4.69, 9.17) is 23.2 Å². The Labute approximate surface area is 224 Å². The van der Waals surface area contributed by atoms with Gasteiger partial charge in [0, 0.05) is 30.7 Å². The Kier molecular flexibility index (Phi) is 8.18. The minimum atomic E-state index is -0.627. The van der Waals surface area contributed by atoms with Gasteiger partial charge in [-0.1, -0.05) is 65.7 Å². The van der Waals surface area contributed by atoms with E-state index >= 15 is 0 Å². The highest BCUT2D eigenvalue weighted by Crippen LogP contribution is 2.19. The van der Waals surface area contributed by atoms with Crippen LogP contribution in [0.2, 0.25) is 10.2 Å². The van der Waals surface area contributed by atoms with E-state index in [0.29, 0.717) is 11.1 Å². The van der Waals surface area contributed by atoms with Crippen molar-refractivity contribution in [1.82, 2.24) is 15.7 Å². The molecular weight excluding hydrogens is 509 g/mol. The molecule has 186 valence electrons. The monoisotopic (exact) mass is 531 g/mol. The zero-order chi connectivity index (χ0) is 26.4. The van der Waals surface area contributed by atoms with Gasteiger partial charge in [-0.3, -0.25) is 9.59 Å². The topological polar surface area (TPSA) is 86.7 Å². The van der Waals surface area contributed by atoms with Crippen molar-refractivity contribution in [3.8, 4) is 0 Å². The second-order valence-electron chi connectivity index (χ2n) is 8.24. The van der Waals surface area contributed by atoms with Crippen LogP contribution in [-0.4, -0.2) is 37.1 Å². The molecule has 1 heterocycles. The standard InChI is InChI=1S/C28H23Cl2N5O2/c1-35(2)21-13-11-18(12-14-21)15-25(33-27(36)22-8-4-5-9-23(22)29)28(37)34-31-17-20-16-19-7-3-6-10-24(19)32-26(20)30/h3-17H,1-2H3,(H,33,36)(H,34,37)/b25-15-,31-17+. The molecule has 0 spiro atoms. The molecule has 3 aromatic carbocycles. The van der Waals surface area contributed by atoms with Crippen molar-refractivity contribution in [3.05, 3.63) is 111 Å². The van der Waals surface area contributed by atoms with Crippen LogP contribution >= 0.6 is 23.2 Å². The highest BCUT2D eigenvalue weighted by Gasteiger charge is 2.16. The normalized spacial score (nSPS) is 11.5. The molecule has 2 N–H and O–H groups in total. The number of hydrazone groups is 1. The third kappa shape index (κ3) is 6.52. The molecular formula is C28H23Cl2N5O2. The number of hydrogen-bond acceptors (Lipinski definition) is 5. The van der Waals surface area contributed by atoms with E-state index in [-0.39, 0.29) is 21.4 Å². The Balaban J connectivity index is 1.58. The number of carbonyl (C=O) groups is 2. The number of carbonyl (C=O) groups excluding carboxylic acids is 2. The molecule has 0 bridgehead atoms. The van der Waals surface area contributed by atoms with E-state index in [0.717, 1.165) is 16.6 Å². The van der Waals surface area contributed by atoms with Gasteiger partial charge in [0.05, 0.1) is 22.3 Å². The number of halogens is 2. The van der Waals surface area contributed by atoms with Crippen LogP contribution in [0.5, 0.6) is 0 Å². The number of anilines is 1. The molecule has 0 aliphatic heterocycles. The van der Waals surface area contributed by atoms with Crippen LogP contribution in [0.15, 0.2) is 89.7 Å². The molecule has 37 heavy (non-hydrogen) atoms. The Morgan fingerprint density at radius 2 is 1.65 bits per heavy atom. The largest absolute Gasteiger partial charge is 0.378 e. The number of hydrogen-bond donors (Lipinski definition) is 2. The van der Waals surface area contributed by atoms with Crippen LogP contribution in [0.1, 0.15) is 21.5 Å². The molecule has 0 saturated heterocycles. The van der Waals surface area contributed by atoms with Crippen LogP contribution in [0.4, 0.5) is 5.69 Å². The molecule has 0 saturated carbocycles. The van der Waals surface area contributed by atoms with Gasteiger partial charge in [0.2, 0.25) is 0 Å². The highest BCUT2D eigenvalue weighted by atomic mass is 35.5. The quantitative estimate of drug-likeness (QED) is 0.142. The van der Waals surface area contributed by atoms with Crippen molar-refractivity contribution < 1.29 is 9.59 Å². The number of fused-ring (bicyclic) bond motifs is 1. The van der Waals surface area contributed by atoms with Crippen LogP contribution in [0, 0.1) is 0 Å².